The standard InChI is InChI=1S/C13H22N6O2/c1-4-18-11(20)9-10(17-12(16-9)15-6-5-14)19(13(18)21)7-8(2)3/h8H,4-7,14H2,1-3H3,(H2,15,16,17). The van der Waals surface area contributed by atoms with E-state index in [-0.39, 0.29) is 17.2 Å². The maximum absolute atomic E-state index is 12.4. The van der Waals surface area contributed by atoms with Crippen molar-refractivity contribution in [1.29, 1.82) is 0 Å². The molecule has 2 aromatic rings. The van der Waals surface area contributed by atoms with Crippen LogP contribution in [-0.4, -0.2) is 32.2 Å². The van der Waals surface area contributed by atoms with Gasteiger partial charge in [0.05, 0.1) is 0 Å². The van der Waals surface area contributed by atoms with Crippen LogP contribution in [0, 0.1) is 5.92 Å². The molecule has 0 atom stereocenters. The van der Waals surface area contributed by atoms with Gasteiger partial charge in [0.1, 0.15) is 0 Å². The van der Waals surface area contributed by atoms with Crippen molar-refractivity contribution in [2.45, 2.75) is 33.9 Å². The van der Waals surface area contributed by atoms with Crippen molar-refractivity contribution in [3.05, 3.63) is 20.8 Å². The molecule has 0 saturated carbocycles. The average Bonchev–Trinajstić information content (AvgIpc) is 2.86. The Bertz CT molecular complexity index is 739. The van der Waals surface area contributed by atoms with E-state index in [1.807, 2.05) is 13.8 Å². The number of aromatic amines is 1. The van der Waals surface area contributed by atoms with Gasteiger partial charge in [0.25, 0.3) is 5.56 Å². The first-order valence-electron chi connectivity index (χ1n) is 7.16. The fraction of sp³-hybridized carbons (Fsp3) is 0.615. The van der Waals surface area contributed by atoms with Gasteiger partial charge >= 0.3 is 5.69 Å². The van der Waals surface area contributed by atoms with E-state index in [9.17, 15) is 9.59 Å². The first-order chi connectivity index (χ1) is 9.99. The summed E-state index contributed by atoms with van der Waals surface area (Å²) < 4.78 is 2.77. The number of nitrogens with zero attached hydrogens (tertiary/aromatic N) is 3. The minimum Gasteiger partial charge on any atom is -0.354 e. The van der Waals surface area contributed by atoms with Gasteiger partial charge in [0.15, 0.2) is 11.2 Å². The highest BCUT2D eigenvalue weighted by Crippen LogP contribution is 2.10. The van der Waals surface area contributed by atoms with E-state index in [1.54, 1.807) is 11.5 Å². The van der Waals surface area contributed by atoms with E-state index in [1.165, 1.54) is 4.57 Å². The number of fused-ring (bicyclic) bond motifs is 1. The zero-order chi connectivity index (χ0) is 15.6. The Morgan fingerprint density at radius 2 is 2.05 bits per heavy atom. The van der Waals surface area contributed by atoms with Crippen LogP contribution in [0.2, 0.25) is 0 Å². The van der Waals surface area contributed by atoms with E-state index >= 15 is 0 Å². The van der Waals surface area contributed by atoms with Gasteiger partial charge in [-0.05, 0) is 12.8 Å². The number of nitrogens with one attached hydrogen (secondary N) is 2. The number of nitrogens with two attached hydrogens (primary N) is 1. The maximum atomic E-state index is 12.4. The Morgan fingerprint density at radius 1 is 1.33 bits per heavy atom. The highest BCUT2D eigenvalue weighted by molar-refractivity contribution is 5.72. The van der Waals surface area contributed by atoms with Crippen LogP contribution >= 0.6 is 0 Å². The number of hydrogen-bond donors (Lipinski definition) is 3. The Hall–Kier alpha value is -2.09. The zero-order valence-electron chi connectivity index (χ0n) is 12.6. The van der Waals surface area contributed by atoms with Gasteiger partial charge < -0.3 is 16.0 Å². The minimum absolute atomic E-state index is 0.269. The Labute approximate surface area is 122 Å². The molecule has 0 bridgehead atoms. The second-order valence-corrected chi connectivity index (χ2v) is 5.34. The third-order valence-electron chi connectivity index (χ3n) is 3.16. The number of imidazole rings is 1. The van der Waals surface area contributed by atoms with Gasteiger partial charge in [-0.1, -0.05) is 13.8 Å². The second kappa shape index (κ2) is 6.13. The van der Waals surface area contributed by atoms with Crippen molar-refractivity contribution in [3.8, 4) is 0 Å². The van der Waals surface area contributed by atoms with Gasteiger partial charge in [-0.3, -0.25) is 13.9 Å². The van der Waals surface area contributed by atoms with Gasteiger partial charge in [-0.15, -0.1) is 0 Å². The fourth-order valence-electron chi connectivity index (χ4n) is 2.25. The summed E-state index contributed by atoms with van der Waals surface area (Å²) in [7, 11) is 0. The van der Waals surface area contributed by atoms with Crippen molar-refractivity contribution < 1.29 is 0 Å². The van der Waals surface area contributed by atoms with Gasteiger partial charge in [0, 0.05) is 26.2 Å². The van der Waals surface area contributed by atoms with Crippen LogP contribution in [0.5, 0.6) is 0 Å². The number of anilines is 1. The summed E-state index contributed by atoms with van der Waals surface area (Å²) in [6.07, 6.45) is 0. The van der Waals surface area contributed by atoms with Crippen LogP contribution in [0.15, 0.2) is 9.59 Å². The Morgan fingerprint density at radius 3 is 2.62 bits per heavy atom. The summed E-state index contributed by atoms with van der Waals surface area (Å²) in [5.41, 5.74) is 5.52. The molecule has 116 valence electrons. The van der Waals surface area contributed by atoms with Crippen molar-refractivity contribution in [1.82, 2.24) is 19.1 Å². The van der Waals surface area contributed by atoms with Crippen molar-refractivity contribution in [2.24, 2.45) is 11.7 Å². The van der Waals surface area contributed by atoms with Gasteiger partial charge in [0.2, 0.25) is 5.95 Å². The largest absolute Gasteiger partial charge is 0.354 e. The van der Waals surface area contributed by atoms with Crippen LogP contribution in [0.1, 0.15) is 20.8 Å². The molecule has 0 aliphatic rings. The molecule has 8 nitrogen and oxygen atoms in total. The maximum Gasteiger partial charge on any atom is 0.332 e. The molecule has 0 amide bonds. The molecule has 0 fully saturated rings. The summed E-state index contributed by atoms with van der Waals surface area (Å²) in [4.78, 5) is 32.0. The zero-order valence-corrected chi connectivity index (χ0v) is 12.6. The van der Waals surface area contributed by atoms with E-state index in [4.69, 9.17) is 5.73 Å². The molecule has 21 heavy (non-hydrogen) atoms. The monoisotopic (exact) mass is 294 g/mol. The van der Waals surface area contributed by atoms with E-state index in [2.05, 4.69) is 15.3 Å². The highest BCUT2D eigenvalue weighted by atomic mass is 16.2. The van der Waals surface area contributed by atoms with Crippen LogP contribution in [-0.2, 0) is 13.1 Å². The third-order valence-corrected chi connectivity index (χ3v) is 3.16. The van der Waals surface area contributed by atoms with Crippen LogP contribution in [0.25, 0.3) is 11.2 Å². The molecule has 0 radical (unpaired) electrons. The molecular formula is C13H22N6O2. The first-order valence-corrected chi connectivity index (χ1v) is 7.16. The molecule has 2 aromatic heterocycles. The van der Waals surface area contributed by atoms with Crippen molar-refractivity contribution >= 4 is 17.1 Å². The SMILES string of the molecule is CCn1c(=O)c2[nH]c(NCCN)nc2n(CC(C)C)c1=O. The summed E-state index contributed by atoms with van der Waals surface area (Å²) in [5.74, 6) is 0.726. The molecule has 2 heterocycles. The van der Waals surface area contributed by atoms with E-state index in [0.717, 1.165) is 0 Å². The van der Waals surface area contributed by atoms with E-state index < -0.39 is 0 Å². The molecule has 0 unspecified atom stereocenters. The molecule has 0 aliphatic heterocycles. The van der Waals surface area contributed by atoms with Gasteiger partial charge in [-0.2, -0.15) is 4.98 Å². The molecule has 0 spiro atoms. The Balaban J connectivity index is 2.70. The van der Waals surface area contributed by atoms with Crippen LogP contribution in [0.3, 0.4) is 0 Å². The predicted octanol–water partition coefficient (Wildman–Crippen LogP) is -0.0672. The van der Waals surface area contributed by atoms with Crippen LogP contribution in [0.4, 0.5) is 5.95 Å². The van der Waals surface area contributed by atoms with Crippen molar-refractivity contribution in [3.63, 3.8) is 0 Å². The smallest absolute Gasteiger partial charge is 0.332 e. The quantitative estimate of drug-likeness (QED) is 0.691. The lowest BCUT2D eigenvalue weighted by Crippen LogP contribution is -2.40. The number of H-pyrrole nitrogens is 1. The number of rotatable bonds is 6. The molecule has 0 saturated heterocycles. The lowest BCUT2D eigenvalue weighted by atomic mass is 10.2. The number of hydrogen-bond acceptors (Lipinski definition) is 5. The molecular weight excluding hydrogens is 272 g/mol. The van der Waals surface area contributed by atoms with Crippen molar-refractivity contribution in [2.75, 3.05) is 18.4 Å². The van der Waals surface area contributed by atoms with Gasteiger partial charge in [-0.25, -0.2) is 4.79 Å². The molecule has 8 heteroatoms. The topological polar surface area (TPSA) is 111 Å². The summed E-state index contributed by atoms with van der Waals surface area (Å²) >= 11 is 0. The first kappa shape index (κ1) is 15.3. The molecule has 0 aliphatic carbocycles. The van der Waals surface area contributed by atoms with E-state index in [0.29, 0.717) is 43.3 Å². The number of aromatic nitrogens is 4. The third kappa shape index (κ3) is 2.85. The second-order valence-electron chi connectivity index (χ2n) is 5.34. The van der Waals surface area contributed by atoms with Crippen LogP contribution < -0.4 is 22.3 Å². The fourth-order valence-corrected chi connectivity index (χ4v) is 2.25. The molecule has 2 rings (SSSR count). The predicted molar refractivity (Wildman–Crippen MR) is 82.7 cm³/mol. The molecule has 4 N–H and O–H groups in total. The molecule has 0 aromatic carbocycles. The Kier molecular flexibility index (Phi) is 4.46. The average molecular weight is 294 g/mol. The highest BCUT2D eigenvalue weighted by Gasteiger charge is 2.17. The summed E-state index contributed by atoms with van der Waals surface area (Å²) in [6.45, 7) is 7.64. The summed E-state index contributed by atoms with van der Waals surface area (Å²) in [6, 6.07) is 0. The lowest BCUT2D eigenvalue weighted by molar-refractivity contribution is 0.491. The minimum atomic E-state index is -0.342. The lowest BCUT2D eigenvalue weighted by Gasteiger charge is -2.11. The summed E-state index contributed by atoms with van der Waals surface area (Å²) in [5, 5.41) is 2.99. The normalized spacial score (nSPS) is 11.5.